The van der Waals surface area contributed by atoms with Gasteiger partial charge in [-0.3, -0.25) is 4.79 Å². The van der Waals surface area contributed by atoms with Crippen molar-refractivity contribution in [3.05, 3.63) is 47.4 Å². The molecule has 8 heteroatoms. The molecule has 1 aliphatic heterocycles. The first-order valence-electron chi connectivity index (χ1n) is 9.83. The van der Waals surface area contributed by atoms with Crippen molar-refractivity contribution in [3.8, 4) is 0 Å². The van der Waals surface area contributed by atoms with Gasteiger partial charge < -0.3 is 26.7 Å². The van der Waals surface area contributed by atoms with Gasteiger partial charge in [-0.05, 0) is 43.0 Å². The largest absolute Gasteiger partial charge is 0.383 e. The maximum atomic E-state index is 13.3. The zero-order valence-electron chi connectivity index (χ0n) is 16.5. The summed E-state index contributed by atoms with van der Waals surface area (Å²) >= 11 is 0. The third-order valence-electron chi connectivity index (χ3n) is 5.14. The smallest absolute Gasteiger partial charge is 0.241 e. The minimum absolute atomic E-state index is 0.0296. The average molecular weight is 398 g/mol. The number of amides is 1. The molecule has 0 radical (unpaired) electrons. The zero-order chi connectivity index (χ0) is 20.8. The van der Waals surface area contributed by atoms with Gasteiger partial charge in [0, 0.05) is 37.2 Å². The Morgan fingerprint density at radius 2 is 2.31 bits per heavy atom. The van der Waals surface area contributed by atoms with Gasteiger partial charge in [0.05, 0.1) is 17.8 Å². The molecule has 0 bridgehead atoms. The number of pyridine rings is 1. The fourth-order valence-electron chi connectivity index (χ4n) is 3.58. The lowest BCUT2D eigenvalue weighted by Gasteiger charge is -2.34. The van der Waals surface area contributed by atoms with Crippen LogP contribution in [-0.2, 0) is 11.2 Å². The molecule has 7 nitrogen and oxygen atoms in total. The number of aryl methyl sites for hydroxylation is 1. The monoisotopic (exact) mass is 398 g/mol. The molecule has 1 amide bonds. The number of nitrogens with one attached hydrogen (secondary N) is 3. The second-order valence-electron chi connectivity index (χ2n) is 7.14. The zero-order valence-corrected chi connectivity index (χ0v) is 16.5. The molecule has 0 spiro atoms. The predicted molar refractivity (Wildman–Crippen MR) is 114 cm³/mol. The van der Waals surface area contributed by atoms with Crippen LogP contribution in [0.2, 0.25) is 0 Å². The topological polar surface area (TPSA) is 107 Å². The van der Waals surface area contributed by atoms with E-state index in [2.05, 4.69) is 15.6 Å². The van der Waals surface area contributed by atoms with E-state index >= 15 is 0 Å². The summed E-state index contributed by atoms with van der Waals surface area (Å²) in [6.07, 6.45) is 5.52. The number of hydrogen-bond donors (Lipinski definition) is 4. The normalized spacial score (nSPS) is 16.3. The predicted octanol–water partition coefficient (Wildman–Crippen LogP) is 2.88. The quantitative estimate of drug-likeness (QED) is 0.537. The van der Waals surface area contributed by atoms with Crippen LogP contribution in [0.3, 0.4) is 0 Å². The van der Waals surface area contributed by atoms with Crippen LogP contribution in [0.15, 0.2) is 30.5 Å². The van der Waals surface area contributed by atoms with E-state index in [9.17, 15) is 9.18 Å². The maximum Gasteiger partial charge on any atom is 0.241 e. The van der Waals surface area contributed by atoms with Crippen molar-refractivity contribution in [2.75, 3.05) is 36.0 Å². The van der Waals surface area contributed by atoms with Gasteiger partial charge in [0.15, 0.2) is 0 Å². The van der Waals surface area contributed by atoms with E-state index in [4.69, 9.17) is 11.1 Å². The highest BCUT2D eigenvalue weighted by molar-refractivity contribution is 5.92. The molecule has 154 valence electrons. The summed E-state index contributed by atoms with van der Waals surface area (Å²) in [6.45, 7) is 3.40. The first-order valence-corrected chi connectivity index (χ1v) is 9.83. The van der Waals surface area contributed by atoms with Crippen molar-refractivity contribution < 1.29 is 9.18 Å². The third kappa shape index (κ3) is 5.01. The molecule has 1 aliphatic rings. The lowest BCUT2D eigenvalue weighted by molar-refractivity contribution is -0.130. The third-order valence-corrected chi connectivity index (χ3v) is 5.14. The lowest BCUT2D eigenvalue weighted by Crippen LogP contribution is -2.47. The van der Waals surface area contributed by atoms with Gasteiger partial charge in [-0.2, -0.15) is 0 Å². The highest BCUT2D eigenvalue weighted by Crippen LogP contribution is 2.26. The van der Waals surface area contributed by atoms with Crippen molar-refractivity contribution in [2.45, 2.75) is 32.2 Å². The lowest BCUT2D eigenvalue weighted by atomic mass is 10.0. The van der Waals surface area contributed by atoms with E-state index in [1.54, 1.807) is 18.3 Å². The number of carbonyl (C=O) groups excluding carboxylic acids is 1. The van der Waals surface area contributed by atoms with Crippen LogP contribution < -0.4 is 16.4 Å². The molecule has 1 aromatic carbocycles. The fraction of sp³-hybridized carbons (Fsp3) is 0.381. The number of benzene rings is 1. The molecule has 2 heterocycles. The Morgan fingerprint density at radius 1 is 1.48 bits per heavy atom. The first-order chi connectivity index (χ1) is 14.0. The SMILES string of the molecule is CCc1cnc(N)c(C=N)c1NC1CCCN(C(=O)CNc2cccc(F)c2)C1. The molecule has 0 saturated carbocycles. The van der Waals surface area contributed by atoms with Crippen molar-refractivity contribution in [1.82, 2.24) is 9.88 Å². The van der Waals surface area contributed by atoms with Gasteiger partial charge in [-0.15, -0.1) is 0 Å². The minimum Gasteiger partial charge on any atom is -0.383 e. The molecule has 1 unspecified atom stereocenters. The van der Waals surface area contributed by atoms with Gasteiger partial charge in [-0.25, -0.2) is 9.37 Å². The summed E-state index contributed by atoms with van der Waals surface area (Å²) in [5, 5.41) is 14.2. The van der Waals surface area contributed by atoms with Crippen LogP contribution in [0.25, 0.3) is 0 Å². The Labute approximate surface area is 170 Å². The van der Waals surface area contributed by atoms with Crippen LogP contribution in [0.1, 0.15) is 30.9 Å². The van der Waals surface area contributed by atoms with Gasteiger partial charge in [0.1, 0.15) is 11.6 Å². The van der Waals surface area contributed by atoms with Crippen LogP contribution in [0.4, 0.5) is 21.6 Å². The molecular weight excluding hydrogens is 371 g/mol. The highest BCUT2D eigenvalue weighted by Gasteiger charge is 2.25. The standard InChI is InChI=1S/C21H27FN6O/c1-2-14-11-26-21(24)18(10-23)20(14)27-17-7-4-8-28(13-17)19(29)12-25-16-6-3-5-15(22)9-16/h3,5-6,9-11,17,23,25H,2,4,7-8,12-13H2,1H3,(H3,24,26,27). The number of piperidine rings is 1. The second-order valence-corrected chi connectivity index (χ2v) is 7.14. The van der Waals surface area contributed by atoms with Crippen LogP contribution in [0.5, 0.6) is 0 Å². The Bertz CT molecular complexity index is 887. The number of nitrogen functional groups attached to an aromatic ring is 1. The maximum absolute atomic E-state index is 13.3. The summed E-state index contributed by atoms with van der Waals surface area (Å²) in [4.78, 5) is 18.6. The first kappa shape index (κ1) is 20.6. The molecule has 1 saturated heterocycles. The molecule has 5 N–H and O–H groups in total. The summed E-state index contributed by atoms with van der Waals surface area (Å²) in [5.41, 5.74) is 8.93. The van der Waals surface area contributed by atoms with Crippen LogP contribution in [-0.4, -0.2) is 47.7 Å². The van der Waals surface area contributed by atoms with Crippen molar-refractivity contribution >= 4 is 29.3 Å². The van der Waals surface area contributed by atoms with E-state index in [1.165, 1.54) is 18.3 Å². The molecule has 2 aromatic rings. The fourth-order valence-corrected chi connectivity index (χ4v) is 3.58. The molecular formula is C21H27FN6O. The van der Waals surface area contributed by atoms with E-state index in [0.29, 0.717) is 30.2 Å². The average Bonchev–Trinajstić information content (AvgIpc) is 2.73. The van der Waals surface area contributed by atoms with Gasteiger partial charge in [-0.1, -0.05) is 13.0 Å². The van der Waals surface area contributed by atoms with E-state index < -0.39 is 0 Å². The number of nitrogens with two attached hydrogens (primary N) is 1. The second kappa shape index (κ2) is 9.36. The molecule has 0 aliphatic carbocycles. The Hall–Kier alpha value is -3.16. The van der Waals surface area contributed by atoms with Gasteiger partial charge in [0.25, 0.3) is 0 Å². The van der Waals surface area contributed by atoms with Crippen molar-refractivity contribution in [1.29, 1.82) is 5.41 Å². The number of carbonyl (C=O) groups is 1. The number of rotatable bonds is 7. The van der Waals surface area contributed by atoms with Crippen molar-refractivity contribution in [2.24, 2.45) is 0 Å². The van der Waals surface area contributed by atoms with Gasteiger partial charge >= 0.3 is 0 Å². The molecule has 1 fully saturated rings. The number of likely N-dealkylation sites (tertiary alicyclic amines) is 1. The number of hydrogen-bond acceptors (Lipinski definition) is 6. The van der Waals surface area contributed by atoms with E-state index in [1.807, 2.05) is 11.8 Å². The Morgan fingerprint density at radius 3 is 3.03 bits per heavy atom. The number of anilines is 3. The van der Waals surface area contributed by atoms with Crippen molar-refractivity contribution in [3.63, 3.8) is 0 Å². The van der Waals surface area contributed by atoms with Crippen LogP contribution >= 0.6 is 0 Å². The summed E-state index contributed by atoms with van der Waals surface area (Å²) < 4.78 is 13.3. The number of aromatic nitrogens is 1. The number of halogens is 1. The van der Waals surface area contributed by atoms with E-state index in [0.717, 1.165) is 30.5 Å². The summed E-state index contributed by atoms with van der Waals surface area (Å²) in [5.74, 6) is -0.0456. The summed E-state index contributed by atoms with van der Waals surface area (Å²) in [6, 6.07) is 6.14. The molecule has 1 atom stereocenters. The van der Waals surface area contributed by atoms with Gasteiger partial charge in [0.2, 0.25) is 5.91 Å². The Kier molecular flexibility index (Phi) is 6.64. The minimum atomic E-state index is -0.338. The number of nitrogens with zero attached hydrogens (tertiary/aromatic N) is 2. The molecule has 1 aromatic heterocycles. The molecule has 29 heavy (non-hydrogen) atoms. The Balaban J connectivity index is 1.64. The van der Waals surface area contributed by atoms with Crippen LogP contribution in [0, 0.1) is 11.2 Å². The molecule has 3 rings (SSSR count). The highest BCUT2D eigenvalue weighted by atomic mass is 19.1. The van der Waals surface area contributed by atoms with E-state index in [-0.39, 0.29) is 24.3 Å². The summed E-state index contributed by atoms with van der Waals surface area (Å²) in [7, 11) is 0.